The van der Waals surface area contributed by atoms with Crippen molar-refractivity contribution in [3.8, 4) is 18.4 Å². The molecule has 0 heterocycles. The Morgan fingerprint density at radius 3 is 2.93 bits per heavy atom. The molecule has 15 heavy (non-hydrogen) atoms. The average Bonchev–Trinajstić information content (AvgIpc) is 2.18. The first-order valence-electron chi connectivity index (χ1n) is 4.57. The van der Waals surface area contributed by atoms with E-state index < -0.39 is 5.82 Å². The maximum absolute atomic E-state index is 13.2. The van der Waals surface area contributed by atoms with Gasteiger partial charge in [0.05, 0.1) is 5.69 Å². The van der Waals surface area contributed by atoms with E-state index in [2.05, 4.69) is 11.2 Å². The summed E-state index contributed by atoms with van der Waals surface area (Å²) in [6.07, 6.45) is 5.68. The molecule has 0 radical (unpaired) electrons. The SMILES string of the molecule is C#CCC(C)Nc1cccc(F)c1C#N. The Balaban J connectivity index is 2.92. The van der Waals surface area contributed by atoms with E-state index in [1.54, 1.807) is 12.1 Å². The Kier molecular flexibility index (Phi) is 3.71. The van der Waals surface area contributed by atoms with Gasteiger partial charge in [-0.05, 0) is 19.1 Å². The molecule has 0 spiro atoms. The van der Waals surface area contributed by atoms with Crippen LogP contribution in [0.1, 0.15) is 18.9 Å². The van der Waals surface area contributed by atoms with Crippen LogP contribution < -0.4 is 5.32 Å². The van der Waals surface area contributed by atoms with Gasteiger partial charge in [-0.25, -0.2) is 4.39 Å². The largest absolute Gasteiger partial charge is 0.380 e. The molecule has 76 valence electrons. The second-order valence-electron chi connectivity index (χ2n) is 3.23. The minimum atomic E-state index is -0.518. The van der Waals surface area contributed by atoms with Crippen LogP contribution in [-0.4, -0.2) is 6.04 Å². The Hall–Kier alpha value is -2.00. The summed E-state index contributed by atoms with van der Waals surface area (Å²) >= 11 is 0. The molecule has 1 aromatic rings. The van der Waals surface area contributed by atoms with E-state index in [-0.39, 0.29) is 11.6 Å². The summed E-state index contributed by atoms with van der Waals surface area (Å²) < 4.78 is 13.2. The van der Waals surface area contributed by atoms with Crippen LogP contribution in [0.3, 0.4) is 0 Å². The molecule has 1 rings (SSSR count). The number of halogens is 1. The summed E-state index contributed by atoms with van der Waals surface area (Å²) in [6, 6.07) is 6.32. The molecule has 0 saturated carbocycles. The van der Waals surface area contributed by atoms with E-state index in [4.69, 9.17) is 11.7 Å². The van der Waals surface area contributed by atoms with Gasteiger partial charge in [0.15, 0.2) is 0 Å². The summed E-state index contributed by atoms with van der Waals surface area (Å²) in [5.41, 5.74) is 0.515. The van der Waals surface area contributed by atoms with Crippen molar-refractivity contribution in [3.05, 3.63) is 29.6 Å². The summed E-state index contributed by atoms with van der Waals surface area (Å²) in [6.45, 7) is 1.88. The standard InChI is InChI=1S/C12H11FN2/c1-3-5-9(2)15-12-7-4-6-11(13)10(12)8-14/h1,4,6-7,9,15H,5H2,2H3. The van der Waals surface area contributed by atoms with Gasteiger partial charge in [0.1, 0.15) is 17.4 Å². The third-order valence-electron chi connectivity index (χ3n) is 1.95. The summed E-state index contributed by atoms with van der Waals surface area (Å²) in [5.74, 6) is 1.98. The Labute approximate surface area is 88.7 Å². The fourth-order valence-electron chi connectivity index (χ4n) is 1.25. The van der Waals surface area contributed by atoms with E-state index in [1.165, 1.54) is 6.07 Å². The van der Waals surface area contributed by atoms with E-state index in [1.807, 2.05) is 13.0 Å². The molecule has 0 aliphatic heterocycles. The molecule has 1 atom stereocenters. The van der Waals surface area contributed by atoms with E-state index in [0.717, 1.165) is 0 Å². The number of rotatable bonds is 3. The number of anilines is 1. The molecule has 0 aliphatic rings. The number of hydrogen-bond acceptors (Lipinski definition) is 2. The minimum Gasteiger partial charge on any atom is -0.380 e. The maximum Gasteiger partial charge on any atom is 0.143 e. The number of nitrogens with zero attached hydrogens (tertiary/aromatic N) is 1. The van der Waals surface area contributed by atoms with Gasteiger partial charge in [-0.1, -0.05) is 6.07 Å². The molecule has 0 fully saturated rings. The zero-order chi connectivity index (χ0) is 11.3. The van der Waals surface area contributed by atoms with Gasteiger partial charge in [-0.3, -0.25) is 0 Å². The van der Waals surface area contributed by atoms with Crippen LogP contribution >= 0.6 is 0 Å². The molecule has 1 aromatic carbocycles. The Morgan fingerprint density at radius 2 is 2.33 bits per heavy atom. The average molecular weight is 202 g/mol. The van der Waals surface area contributed by atoms with Gasteiger partial charge in [0.25, 0.3) is 0 Å². The molecule has 2 nitrogen and oxygen atoms in total. The van der Waals surface area contributed by atoms with E-state index in [0.29, 0.717) is 12.1 Å². The van der Waals surface area contributed by atoms with E-state index >= 15 is 0 Å². The van der Waals surface area contributed by atoms with Crippen molar-refractivity contribution in [2.75, 3.05) is 5.32 Å². The van der Waals surface area contributed by atoms with Crippen LogP contribution in [-0.2, 0) is 0 Å². The Bertz CT molecular complexity index is 426. The van der Waals surface area contributed by atoms with Gasteiger partial charge >= 0.3 is 0 Å². The lowest BCUT2D eigenvalue weighted by Gasteiger charge is -2.13. The van der Waals surface area contributed by atoms with Gasteiger partial charge in [-0.15, -0.1) is 12.3 Å². The lowest BCUT2D eigenvalue weighted by Crippen LogP contribution is -2.15. The van der Waals surface area contributed by atoms with Crippen LogP contribution in [0.4, 0.5) is 10.1 Å². The van der Waals surface area contributed by atoms with Crippen LogP contribution in [0, 0.1) is 29.5 Å². The molecule has 0 amide bonds. The molecule has 0 saturated heterocycles. The molecule has 0 aromatic heterocycles. The van der Waals surface area contributed by atoms with Crippen molar-refractivity contribution in [2.24, 2.45) is 0 Å². The third kappa shape index (κ3) is 2.72. The highest BCUT2D eigenvalue weighted by Gasteiger charge is 2.09. The predicted octanol–water partition coefficient (Wildman–Crippen LogP) is 2.52. The lowest BCUT2D eigenvalue weighted by atomic mass is 10.1. The number of terminal acetylenes is 1. The smallest absolute Gasteiger partial charge is 0.143 e. The fraction of sp³-hybridized carbons (Fsp3) is 0.250. The van der Waals surface area contributed by atoms with Gasteiger partial charge < -0.3 is 5.32 Å². The number of nitriles is 1. The third-order valence-corrected chi connectivity index (χ3v) is 1.95. The highest BCUT2D eigenvalue weighted by atomic mass is 19.1. The predicted molar refractivity (Wildman–Crippen MR) is 57.6 cm³/mol. The molecule has 1 unspecified atom stereocenters. The zero-order valence-corrected chi connectivity index (χ0v) is 8.42. The number of benzene rings is 1. The first kappa shape index (κ1) is 11.1. The van der Waals surface area contributed by atoms with Crippen LogP contribution in [0.5, 0.6) is 0 Å². The molecule has 1 N–H and O–H groups in total. The van der Waals surface area contributed by atoms with Crippen molar-refractivity contribution >= 4 is 5.69 Å². The van der Waals surface area contributed by atoms with Crippen LogP contribution in [0.25, 0.3) is 0 Å². The highest BCUT2D eigenvalue weighted by Crippen LogP contribution is 2.18. The second-order valence-corrected chi connectivity index (χ2v) is 3.23. The van der Waals surface area contributed by atoms with Crippen molar-refractivity contribution < 1.29 is 4.39 Å². The van der Waals surface area contributed by atoms with Crippen LogP contribution in [0.2, 0.25) is 0 Å². The molecule has 0 aliphatic carbocycles. The van der Waals surface area contributed by atoms with Gasteiger partial charge in [-0.2, -0.15) is 5.26 Å². The topological polar surface area (TPSA) is 35.8 Å². The molecule has 0 bridgehead atoms. The summed E-state index contributed by atoms with van der Waals surface area (Å²) in [5, 5.41) is 11.8. The van der Waals surface area contributed by atoms with Crippen LogP contribution in [0.15, 0.2) is 18.2 Å². The first-order chi connectivity index (χ1) is 7.19. The lowest BCUT2D eigenvalue weighted by molar-refractivity contribution is 0.624. The first-order valence-corrected chi connectivity index (χ1v) is 4.57. The maximum atomic E-state index is 13.2. The monoisotopic (exact) mass is 202 g/mol. The molecule has 3 heteroatoms. The van der Waals surface area contributed by atoms with E-state index in [9.17, 15) is 4.39 Å². The molecular formula is C12H11FN2. The number of hydrogen-bond donors (Lipinski definition) is 1. The highest BCUT2D eigenvalue weighted by molar-refractivity contribution is 5.58. The van der Waals surface area contributed by atoms with Gasteiger partial charge in [0, 0.05) is 12.5 Å². The van der Waals surface area contributed by atoms with Gasteiger partial charge in [0.2, 0.25) is 0 Å². The van der Waals surface area contributed by atoms with Crippen molar-refractivity contribution in [3.63, 3.8) is 0 Å². The Morgan fingerprint density at radius 1 is 1.60 bits per heavy atom. The summed E-state index contributed by atoms with van der Waals surface area (Å²) in [4.78, 5) is 0. The summed E-state index contributed by atoms with van der Waals surface area (Å²) in [7, 11) is 0. The van der Waals surface area contributed by atoms with Crippen molar-refractivity contribution in [2.45, 2.75) is 19.4 Å². The minimum absolute atomic E-state index is 0.0175. The fourth-order valence-corrected chi connectivity index (χ4v) is 1.25. The molecular weight excluding hydrogens is 191 g/mol. The zero-order valence-electron chi connectivity index (χ0n) is 8.42. The number of nitrogens with one attached hydrogen (secondary N) is 1. The van der Waals surface area contributed by atoms with Crippen molar-refractivity contribution in [1.82, 2.24) is 0 Å². The van der Waals surface area contributed by atoms with Crippen molar-refractivity contribution in [1.29, 1.82) is 5.26 Å². The normalized spacial score (nSPS) is 11.2. The quantitative estimate of drug-likeness (QED) is 0.764. The second kappa shape index (κ2) is 5.02.